The van der Waals surface area contributed by atoms with Crippen molar-refractivity contribution in [1.29, 1.82) is 0 Å². The number of hydrogen-bond donors (Lipinski definition) is 1. The Morgan fingerprint density at radius 2 is 2.18 bits per heavy atom. The molecule has 1 unspecified atom stereocenters. The summed E-state index contributed by atoms with van der Waals surface area (Å²) in [6.07, 6.45) is 1.87. The molecule has 0 saturated heterocycles. The summed E-state index contributed by atoms with van der Waals surface area (Å²) in [6, 6.07) is 4.82. The maximum atomic E-state index is 13.6. The standard InChI is InChI=1S/C13H19ClFNO/c1-3-6-10(9-16-4-2)17-12-8-5-7-11(14)13(12)15/h5,7-8,10,16H,3-4,6,9H2,1-2H3. The normalized spacial score (nSPS) is 12.5. The second-order valence-corrected chi connectivity index (χ2v) is 4.30. The molecule has 1 aromatic carbocycles. The maximum absolute atomic E-state index is 13.6. The second-order valence-electron chi connectivity index (χ2n) is 3.89. The quantitative estimate of drug-likeness (QED) is 0.807. The van der Waals surface area contributed by atoms with Crippen LogP contribution in [0.3, 0.4) is 0 Å². The second kappa shape index (κ2) is 7.51. The first-order valence-corrected chi connectivity index (χ1v) is 6.38. The van der Waals surface area contributed by atoms with Gasteiger partial charge in [-0.15, -0.1) is 0 Å². The molecule has 0 aromatic heterocycles. The number of nitrogens with one attached hydrogen (secondary N) is 1. The van der Waals surface area contributed by atoms with E-state index in [0.29, 0.717) is 0 Å². The van der Waals surface area contributed by atoms with Gasteiger partial charge in [-0.25, -0.2) is 4.39 Å². The van der Waals surface area contributed by atoms with Gasteiger partial charge in [0, 0.05) is 6.54 Å². The summed E-state index contributed by atoms with van der Waals surface area (Å²) in [5.74, 6) is -0.249. The number of rotatable bonds is 7. The third kappa shape index (κ3) is 4.52. The zero-order chi connectivity index (χ0) is 12.7. The average Bonchev–Trinajstić information content (AvgIpc) is 2.32. The summed E-state index contributed by atoms with van der Waals surface area (Å²) in [7, 11) is 0. The van der Waals surface area contributed by atoms with Crippen LogP contribution in [0.25, 0.3) is 0 Å². The minimum absolute atomic E-state index is 0.0204. The first-order valence-electron chi connectivity index (χ1n) is 6.00. The summed E-state index contributed by atoms with van der Waals surface area (Å²) in [6.45, 7) is 5.71. The topological polar surface area (TPSA) is 21.3 Å². The van der Waals surface area contributed by atoms with Crippen LogP contribution < -0.4 is 10.1 Å². The fraction of sp³-hybridized carbons (Fsp3) is 0.538. The third-order valence-electron chi connectivity index (χ3n) is 2.44. The Bertz CT molecular complexity index is 346. The molecule has 1 rings (SSSR count). The van der Waals surface area contributed by atoms with Gasteiger partial charge < -0.3 is 10.1 Å². The minimum atomic E-state index is -0.480. The molecule has 0 aliphatic rings. The van der Waals surface area contributed by atoms with Gasteiger partial charge in [0.25, 0.3) is 0 Å². The van der Waals surface area contributed by atoms with Crippen molar-refractivity contribution in [3.63, 3.8) is 0 Å². The van der Waals surface area contributed by atoms with Gasteiger partial charge in [-0.3, -0.25) is 0 Å². The van der Waals surface area contributed by atoms with Crippen LogP contribution in [0.4, 0.5) is 4.39 Å². The lowest BCUT2D eigenvalue weighted by atomic mass is 10.2. The van der Waals surface area contributed by atoms with Gasteiger partial charge in [0.15, 0.2) is 11.6 Å². The molecule has 1 N–H and O–H groups in total. The summed E-state index contributed by atoms with van der Waals surface area (Å²) in [5, 5.41) is 3.31. The van der Waals surface area contributed by atoms with E-state index < -0.39 is 5.82 Å². The molecule has 0 saturated carbocycles. The molecule has 0 spiro atoms. The highest BCUT2D eigenvalue weighted by molar-refractivity contribution is 6.30. The van der Waals surface area contributed by atoms with Crippen LogP contribution in [-0.2, 0) is 0 Å². The Balaban J connectivity index is 2.67. The molecule has 1 aromatic rings. The van der Waals surface area contributed by atoms with E-state index in [1.807, 2.05) is 6.92 Å². The third-order valence-corrected chi connectivity index (χ3v) is 2.73. The van der Waals surface area contributed by atoms with Crippen LogP contribution in [0, 0.1) is 5.82 Å². The Hall–Kier alpha value is -0.800. The molecule has 0 heterocycles. The highest BCUT2D eigenvalue weighted by atomic mass is 35.5. The Morgan fingerprint density at radius 3 is 2.82 bits per heavy atom. The van der Waals surface area contributed by atoms with Crippen LogP contribution in [-0.4, -0.2) is 19.2 Å². The first-order chi connectivity index (χ1) is 8.19. The lowest BCUT2D eigenvalue weighted by Gasteiger charge is -2.19. The summed E-state index contributed by atoms with van der Waals surface area (Å²) in [4.78, 5) is 0. The average molecular weight is 260 g/mol. The molecule has 0 aliphatic heterocycles. The van der Waals surface area contributed by atoms with Crippen LogP contribution in [0.2, 0.25) is 5.02 Å². The van der Waals surface area contributed by atoms with Crippen molar-refractivity contribution < 1.29 is 9.13 Å². The molecular formula is C13H19ClFNO. The Kier molecular flexibility index (Phi) is 6.30. The van der Waals surface area contributed by atoms with Gasteiger partial charge in [0.2, 0.25) is 0 Å². The molecule has 0 bridgehead atoms. The van der Waals surface area contributed by atoms with Gasteiger partial charge in [-0.2, -0.15) is 0 Å². The van der Waals surface area contributed by atoms with E-state index in [-0.39, 0.29) is 16.9 Å². The van der Waals surface area contributed by atoms with E-state index in [4.69, 9.17) is 16.3 Å². The van der Waals surface area contributed by atoms with E-state index in [9.17, 15) is 4.39 Å². The first kappa shape index (κ1) is 14.3. The SMILES string of the molecule is CCCC(CNCC)Oc1cccc(Cl)c1F. The van der Waals surface area contributed by atoms with Gasteiger partial charge in [-0.05, 0) is 25.1 Å². The van der Waals surface area contributed by atoms with Gasteiger partial charge in [0.1, 0.15) is 6.10 Å². The fourth-order valence-electron chi connectivity index (χ4n) is 1.58. The lowest BCUT2D eigenvalue weighted by Crippen LogP contribution is -2.31. The van der Waals surface area contributed by atoms with E-state index in [1.54, 1.807) is 12.1 Å². The Labute approximate surface area is 107 Å². The smallest absolute Gasteiger partial charge is 0.183 e. The molecule has 0 aliphatic carbocycles. The predicted octanol–water partition coefficient (Wildman–Crippen LogP) is 3.64. The van der Waals surface area contributed by atoms with Gasteiger partial charge in [-0.1, -0.05) is 37.9 Å². The highest BCUT2D eigenvalue weighted by Gasteiger charge is 2.13. The zero-order valence-corrected chi connectivity index (χ0v) is 11.1. The number of hydrogen-bond acceptors (Lipinski definition) is 2. The maximum Gasteiger partial charge on any atom is 0.183 e. The molecule has 0 fully saturated rings. The lowest BCUT2D eigenvalue weighted by molar-refractivity contribution is 0.179. The molecule has 17 heavy (non-hydrogen) atoms. The summed E-state index contributed by atoms with van der Waals surface area (Å²) in [5.41, 5.74) is 0. The molecule has 1 atom stereocenters. The molecule has 2 nitrogen and oxygen atoms in total. The highest BCUT2D eigenvalue weighted by Crippen LogP contribution is 2.25. The van der Waals surface area contributed by atoms with E-state index >= 15 is 0 Å². The van der Waals surface area contributed by atoms with Crippen molar-refractivity contribution in [3.8, 4) is 5.75 Å². The van der Waals surface area contributed by atoms with E-state index in [1.165, 1.54) is 6.07 Å². The van der Waals surface area contributed by atoms with Crippen LogP contribution >= 0.6 is 11.6 Å². The van der Waals surface area contributed by atoms with Crippen molar-refractivity contribution in [1.82, 2.24) is 5.32 Å². The van der Waals surface area contributed by atoms with Crippen LogP contribution in [0.15, 0.2) is 18.2 Å². The van der Waals surface area contributed by atoms with Crippen molar-refractivity contribution in [2.75, 3.05) is 13.1 Å². The van der Waals surface area contributed by atoms with Gasteiger partial charge in [0.05, 0.1) is 5.02 Å². The van der Waals surface area contributed by atoms with Crippen molar-refractivity contribution in [2.45, 2.75) is 32.8 Å². The van der Waals surface area contributed by atoms with Crippen molar-refractivity contribution in [3.05, 3.63) is 29.0 Å². The Morgan fingerprint density at radius 1 is 1.41 bits per heavy atom. The summed E-state index contributed by atoms with van der Waals surface area (Å²) >= 11 is 5.71. The zero-order valence-electron chi connectivity index (χ0n) is 10.3. The fourth-order valence-corrected chi connectivity index (χ4v) is 1.75. The molecule has 4 heteroatoms. The summed E-state index contributed by atoms with van der Waals surface area (Å²) < 4.78 is 19.3. The van der Waals surface area contributed by atoms with Crippen molar-refractivity contribution in [2.24, 2.45) is 0 Å². The number of likely N-dealkylation sites (N-methyl/N-ethyl adjacent to an activating group) is 1. The molecule has 0 radical (unpaired) electrons. The van der Waals surface area contributed by atoms with E-state index in [2.05, 4.69) is 12.2 Å². The monoisotopic (exact) mass is 259 g/mol. The number of halogens is 2. The molecular weight excluding hydrogens is 241 g/mol. The molecule has 96 valence electrons. The number of benzene rings is 1. The van der Waals surface area contributed by atoms with E-state index in [0.717, 1.165) is 25.9 Å². The van der Waals surface area contributed by atoms with Gasteiger partial charge >= 0.3 is 0 Å². The van der Waals surface area contributed by atoms with Crippen molar-refractivity contribution >= 4 is 11.6 Å². The predicted molar refractivity (Wildman–Crippen MR) is 69.3 cm³/mol. The van der Waals surface area contributed by atoms with Crippen LogP contribution in [0.5, 0.6) is 5.75 Å². The molecule has 0 amide bonds. The minimum Gasteiger partial charge on any atom is -0.486 e. The van der Waals surface area contributed by atoms with Crippen LogP contribution in [0.1, 0.15) is 26.7 Å². The number of ether oxygens (including phenoxy) is 1. The largest absolute Gasteiger partial charge is 0.486 e.